The molecular formula is C19H26N2O2. The van der Waals surface area contributed by atoms with Crippen LogP contribution in [0.15, 0.2) is 24.3 Å². The summed E-state index contributed by atoms with van der Waals surface area (Å²) in [6.45, 7) is 6.67. The van der Waals surface area contributed by atoms with Gasteiger partial charge in [-0.05, 0) is 44.4 Å². The maximum absolute atomic E-state index is 11.6. The SMILES string of the molecule is CCOC(=O)CCCC1c2[nH]c3ccccc3c2CCN1CC. The molecule has 1 atom stereocenters. The molecule has 0 fully saturated rings. The number of H-pyrrole nitrogens is 1. The van der Waals surface area contributed by atoms with Gasteiger partial charge in [0, 0.05) is 29.6 Å². The molecule has 1 unspecified atom stereocenters. The van der Waals surface area contributed by atoms with Crippen molar-refractivity contribution in [1.29, 1.82) is 0 Å². The molecule has 124 valence electrons. The second-order valence-electron chi connectivity index (χ2n) is 6.15. The summed E-state index contributed by atoms with van der Waals surface area (Å²) >= 11 is 0. The minimum absolute atomic E-state index is 0.0803. The normalized spacial score (nSPS) is 18.1. The summed E-state index contributed by atoms with van der Waals surface area (Å²) in [6.07, 6.45) is 3.47. The molecule has 0 bridgehead atoms. The quantitative estimate of drug-likeness (QED) is 0.824. The molecule has 1 aliphatic rings. The Morgan fingerprint density at radius 1 is 1.35 bits per heavy atom. The number of fused-ring (bicyclic) bond motifs is 3. The lowest BCUT2D eigenvalue weighted by atomic mass is 9.94. The third kappa shape index (κ3) is 3.27. The highest BCUT2D eigenvalue weighted by molar-refractivity contribution is 5.85. The largest absolute Gasteiger partial charge is 0.466 e. The first-order valence-corrected chi connectivity index (χ1v) is 8.73. The molecule has 1 aliphatic heterocycles. The van der Waals surface area contributed by atoms with Crippen LogP contribution in [-0.2, 0) is 16.0 Å². The van der Waals surface area contributed by atoms with Crippen molar-refractivity contribution in [3.8, 4) is 0 Å². The fourth-order valence-electron chi connectivity index (χ4n) is 3.75. The summed E-state index contributed by atoms with van der Waals surface area (Å²) in [4.78, 5) is 17.7. The van der Waals surface area contributed by atoms with Crippen molar-refractivity contribution in [3.63, 3.8) is 0 Å². The van der Waals surface area contributed by atoms with Crippen LogP contribution in [0.25, 0.3) is 10.9 Å². The lowest BCUT2D eigenvalue weighted by molar-refractivity contribution is -0.143. The van der Waals surface area contributed by atoms with E-state index in [1.807, 2.05) is 6.92 Å². The molecule has 2 heterocycles. The molecule has 1 N–H and O–H groups in total. The summed E-state index contributed by atoms with van der Waals surface area (Å²) in [5, 5.41) is 1.36. The van der Waals surface area contributed by atoms with Gasteiger partial charge >= 0.3 is 5.97 Å². The van der Waals surface area contributed by atoms with Crippen LogP contribution in [0.1, 0.15) is 50.4 Å². The average Bonchev–Trinajstić information content (AvgIpc) is 2.94. The van der Waals surface area contributed by atoms with E-state index in [0.29, 0.717) is 19.1 Å². The number of likely N-dealkylation sites (N-methyl/N-ethyl adjacent to an activating group) is 1. The first-order valence-electron chi connectivity index (χ1n) is 8.73. The van der Waals surface area contributed by atoms with Crippen LogP contribution in [0.5, 0.6) is 0 Å². The van der Waals surface area contributed by atoms with Gasteiger partial charge in [-0.2, -0.15) is 0 Å². The van der Waals surface area contributed by atoms with Crippen LogP contribution in [0, 0.1) is 0 Å². The molecule has 2 aromatic rings. The van der Waals surface area contributed by atoms with Gasteiger partial charge in [0.05, 0.1) is 12.6 Å². The first-order chi connectivity index (χ1) is 11.2. The van der Waals surface area contributed by atoms with Crippen molar-refractivity contribution in [3.05, 3.63) is 35.5 Å². The molecule has 1 aromatic carbocycles. The van der Waals surface area contributed by atoms with Crippen LogP contribution < -0.4 is 0 Å². The number of aromatic nitrogens is 1. The zero-order chi connectivity index (χ0) is 16.2. The molecule has 0 saturated heterocycles. The van der Waals surface area contributed by atoms with E-state index in [-0.39, 0.29) is 5.97 Å². The Labute approximate surface area is 137 Å². The molecular weight excluding hydrogens is 288 g/mol. The monoisotopic (exact) mass is 314 g/mol. The topological polar surface area (TPSA) is 45.3 Å². The minimum Gasteiger partial charge on any atom is -0.466 e. The maximum atomic E-state index is 11.6. The molecule has 3 rings (SSSR count). The Morgan fingerprint density at radius 2 is 2.17 bits per heavy atom. The standard InChI is InChI=1S/C19H26N2O2/c1-3-21-13-12-15-14-8-5-6-9-16(14)20-19(15)17(21)10-7-11-18(22)23-4-2/h5-6,8-9,17,20H,3-4,7,10-13H2,1-2H3. The third-order valence-electron chi connectivity index (χ3n) is 4.84. The fraction of sp³-hybridized carbons (Fsp3) is 0.526. The number of hydrogen-bond donors (Lipinski definition) is 1. The van der Waals surface area contributed by atoms with Crippen LogP contribution in [0.2, 0.25) is 0 Å². The van der Waals surface area contributed by atoms with E-state index >= 15 is 0 Å². The highest BCUT2D eigenvalue weighted by Crippen LogP contribution is 2.36. The molecule has 0 aliphatic carbocycles. The van der Waals surface area contributed by atoms with E-state index in [1.165, 1.54) is 22.2 Å². The van der Waals surface area contributed by atoms with E-state index < -0.39 is 0 Å². The maximum Gasteiger partial charge on any atom is 0.305 e. The van der Waals surface area contributed by atoms with Crippen molar-refractivity contribution < 1.29 is 9.53 Å². The molecule has 1 aromatic heterocycles. The number of ether oxygens (including phenoxy) is 1. The molecule has 0 radical (unpaired) electrons. The smallest absolute Gasteiger partial charge is 0.305 e. The summed E-state index contributed by atoms with van der Waals surface area (Å²) in [7, 11) is 0. The zero-order valence-electron chi connectivity index (χ0n) is 14.1. The van der Waals surface area contributed by atoms with Crippen molar-refractivity contribution >= 4 is 16.9 Å². The lowest BCUT2D eigenvalue weighted by Crippen LogP contribution is -2.35. The van der Waals surface area contributed by atoms with Gasteiger partial charge in [0.2, 0.25) is 0 Å². The Kier molecular flexibility index (Phi) is 5.01. The number of rotatable bonds is 6. The van der Waals surface area contributed by atoms with Gasteiger partial charge < -0.3 is 9.72 Å². The number of carbonyl (C=O) groups is 1. The summed E-state index contributed by atoms with van der Waals surface area (Å²) < 4.78 is 5.04. The lowest BCUT2D eigenvalue weighted by Gasteiger charge is -2.35. The van der Waals surface area contributed by atoms with Gasteiger partial charge in [-0.25, -0.2) is 0 Å². The first kappa shape index (κ1) is 16.1. The van der Waals surface area contributed by atoms with E-state index in [0.717, 1.165) is 32.4 Å². The second kappa shape index (κ2) is 7.18. The number of aromatic amines is 1. The Morgan fingerprint density at radius 3 is 2.96 bits per heavy atom. The molecule has 0 saturated carbocycles. The third-order valence-corrected chi connectivity index (χ3v) is 4.84. The van der Waals surface area contributed by atoms with Crippen molar-refractivity contribution in [2.45, 2.75) is 45.6 Å². The van der Waals surface area contributed by atoms with Crippen LogP contribution in [0.3, 0.4) is 0 Å². The zero-order valence-corrected chi connectivity index (χ0v) is 14.1. The molecule has 4 nitrogen and oxygen atoms in total. The Bertz CT molecular complexity index is 677. The minimum atomic E-state index is -0.0803. The van der Waals surface area contributed by atoms with E-state index in [4.69, 9.17) is 4.74 Å². The van der Waals surface area contributed by atoms with Gasteiger partial charge in [-0.1, -0.05) is 25.1 Å². The van der Waals surface area contributed by atoms with Crippen molar-refractivity contribution in [2.24, 2.45) is 0 Å². The number of nitrogens with zero attached hydrogens (tertiary/aromatic N) is 1. The van der Waals surface area contributed by atoms with Crippen LogP contribution in [-0.4, -0.2) is 35.5 Å². The second-order valence-corrected chi connectivity index (χ2v) is 6.15. The summed E-state index contributed by atoms with van der Waals surface area (Å²) in [5.74, 6) is -0.0803. The molecule has 4 heteroatoms. The van der Waals surface area contributed by atoms with Crippen molar-refractivity contribution in [1.82, 2.24) is 9.88 Å². The Balaban J connectivity index is 1.79. The number of nitrogens with one attached hydrogen (secondary N) is 1. The fourth-order valence-corrected chi connectivity index (χ4v) is 3.75. The number of carbonyl (C=O) groups excluding carboxylic acids is 1. The Hall–Kier alpha value is -1.81. The molecule has 0 spiro atoms. The molecule has 0 amide bonds. The van der Waals surface area contributed by atoms with Gasteiger partial charge in [0.15, 0.2) is 0 Å². The van der Waals surface area contributed by atoms with E-state index in [2.05, 4.69) is 41.1 Å². The predicted molar refractivity (Wildman–Crippen MR) is 92.5 cm³/mol. The van der Waals surface area contributed by atoms with Crippen molar-refractivity contribution in [2.75, 3.05) is 19.7 Å². The van der Waals surface area contributed by atoms with E-state index in [1.54, 1.807) is 0 Å². The van der Waals surface area contributed by atoms with Gasteiger partial charge in [0.25, 0.3) is 0 Å². The van der Waals surface area contributed by atoms with E-state index in [9.17, 15) is 4.79 Å². The van der Waals surface area contributed by atoms with Gasteiger partial charge in [-0.15, -0.1) is 0 Å². The predicted octanol–water partition coefficient (Wildman–Crippen LogP) is 3.82. The van der Waals surface area contributed by atoms with Gasteiger partial charge in [0.1, 0.15) is 0 Å². The van der Waals surface area contributed by atoms with Crippen LogP contribution >= 0.6 is 0 Å². The van der Waals surface area contributed by atoms with Crippen LogP contribution in [0.4, 0.5) is 0 Å². The van der Waals surface area contributed by atoms with Gasteiger partial charge in [-0.3, -0.25) is 9.69 Å². The molecule has 23 heavy (non-hydrogen) atoms. The number of benzene rings is 1. The number of hydrogen-bond acceptors (Lipinski definition) is 3. The highest BCUT2D eigenvalue weighted by Gasteiger charge is 2.29. The average molecular weight is 314 g/mol. The number of para-hydroxylation sites is 1. The summed E-state index contributed by atoms with van der Waals surface area (Å²) in [5.41, 5.74) is 4.04. The number of esters is 1. The highest BCUT2D eigenvalue weighted by atomic mass is 16.5. The summed E-state index contributed by atoms with van der Waals surface area (Å²) in [6, 6.07) is 8.93.